The van der Waals surface area contributed by atoms with Crippen LogP contribution in [0.1, 0.15) is 20.3 Å². The fourth-order valence-corrected chi connectivity index (χ4v) is 4.21. The molecule has 0 aliphatic carbocycles. The molecular formula is C15H18Cl2N2O4S. The van der Waals surface area contributed by atoms with Gasteiger partial charge in [-0.1, -0.05) is 23.2 Å². The predicted molar refractivity (Wildman–Crippen MR) is 94.1 cm³/mol. The van der Waals surface area contributed by atoms with Crippen molar-refractivity contribution in [1.82, 2.24) is 5.32 Å². The Morgan fingerprint density at radius 1 is 1.17 bits per heavy atom. The Balaban J connectivity index is 2.03. The second-order valence-corrected chi connectivity index (χ2v) is 9.32. The molecule has 1 atom stereocenters. The van der Waals surface area contributed by atoms with E-state index >= 15 is 0 Å². The van der Waals surface area contributed by atoms with Gasteiger partial charge in [-0.3, -0.25) is 9.59 Å². The Bertz CT molecular complexity index is 778. The van der Waals surface area contributed by atoms with Gasteiger partial charge in [-0.15, -0.1) is 0 Å². The van der Waals surface area contributed by atoms with E-state index in [1.807, 2.05) is 0 Å². The lowest BCUT2D eigenvalue weighted by Crippen LogP contribution is -2.48. The molecule has 132 valence electrons. The lowest BCUT2D eigenvalue weighted by Gasteiger charge is -2.24. The average molecular weight is 393 g/mol. The van der Waals surface area contributed by atoms with E-state index in [1.54, 1.807) is 6.07 Å². The number of anilines is 1. The Kier molecular flexibility index (Phi) is 5.47. The molecule has 1 saturated heterocycles. The van der Waals surface area contributed by atoms with E-state index in [4.69, 9.17) is 23.2 Å². The van der Waals surface area contributed by atoms with Gasteiger partial charge in [0.05, 0.1) is 21.6 Å². The molecule has 0 saturated carbocycles. The van der Waals surface area contributed by atoms with Crippen LogP contribution in [-0.2, 0) is 19.4 Å². The van der Waals surface area contributed by atoms with Gasteiger partial charge in [0.1, 0.15) is 5.41 Å². The number of hydrogen-bond acceptors (Lipinski definition) is 4. The van der Waals surface area contributed by atoms with Crippen molar-refractivity contribution in [3.63, 3.8) is 0 Å². The maximum atomic E-state index is 12.4. The first kappa shape index (κ1) is 19.0. The first-order valence-corrected chi connectivity index (χ1v) is 9.87. The summed E-state index contributed by atoms with van der Waals surface area (Å²) >= 11 is 11.7. The fraction of sp³-hybridized carbons (Fsp3) is 0.467. The van der Waals surface area contributed by atoms with Gasteiger partial charge in [-0.25, -0.2) is 8.42 Å². The molecule has 1 aliphatic heterocycles. The molecule has 2 rings (SSSR count). The number of carbonyl (C=O) groups excluding carboxylic acids is 2. The maximum Gasteiger partial charge on any atom is 0.239 e. The minimum Gasteiger partial charge on any atom is -0.351 e. The average Bonchev–Trinajstić information content (AvgIpc) is 2.81. The van der Waals surface area contributed by atoms with Crippen LogP contribution in [0, 0.1) is 5.41 Å². The quantitative estimate of drug-likeness (QED) is 0.768. The molecule has 0 aromatic heterocycles. The van der Waals surface area contributed by atoms with Crippen LogP contribution in [0.4, 0.5) is 5.69 Å². The second-order valence-electron chi connectivity index (χ2n) is 6.28. The summed E-state index contributed by atoms with van der Waals surface area (Å²) in [6.07, 6.45) is 0.360. The summed E-state index contributed by atoms with van der Waals surface area (Å²) in [6.45, 7) is 2.94. The van der Waals surface area contributed by atoms with Crippen LogP contribution in [-0.4, -0.2) is 37.8 Å². The van der Waals surface area contributed by atoms with Crippen molar-refractivity contribution in [2.75, 3.05) is 16.8 Å². The van der Waals surface area contributed by atoms with Crippen molar-refractivity contribution in [3.8, 4) is 0 Å². The van der Waals surface area contributed by atoms with E-state index in [-0.39, 0.29) is 16.5 Å². The van der Waals surface area contributed by atoms with Gasteiger partial charge < -0.3 is 10.6 Å². The molecule has 0 bridgehead atoms. The van der Waals surface area contributed by atoms with Crippen molar-refractivity contribution in [2.45, 2.75) is 26.3 Å². The number of halogens is 2. The van der Waals surface area contributed by atoms with Crippen molar-refractivity contribution in [3.05, 3.63) is 28.2 Å². The molecule has 9 heteroatoms. The van der Waals surface area contributed by atoms with E-state index in [2.05, 4.69) is 10.6 Å². The highest BCUT2D eigenvalue weighted by Gasteiger charge is 2.39. The lowest BCUT2D eigenvalue weighted by molar-refractivity contribution is -0.138. The van der Waals surface area contributed by atoms with Crippen molar-refractivity contribution in [2.24, 2.45) is 5.41 Å². The highest BCUT2D eigenvalue weighted by Crippen LogP contribution is 2.27. The molecule has 1 unspecified atom stereocenters. The number of benzene rings is 1. The number of rotatable bonds is 4. The van der Waals surface area contributed by atoms with E-state index < -0.39 is 33.1 Å². The molecule has 1 fully saturated rings. The Hall–Kier alpha value is -1.31. The van der Waals surface area contributed by atoms with Crippen molar-refractivity contribution < 1.29 is 18.0 Å². The van der Waals surface area contributed by atoms with Gasteiger partial charge >= 0.3 is 0 Å². The number of hydrogen-bond donors (Lipinski definition) is 2. The summed E-state index contributed by atoms with van der Waals surface area (Å²) in [5.74, 6) is -1.10. The third kappa shape index (κ3) is 4.40. The van der Waals surface area contributed by atoms with Crippen LogP contribution < -0.4 is 10.6 Å². The van der Waals surface area contributed by atoms with Crippen LogP contribution in [0.15, 0.2) is 18.2 Å². The largest absolute Gasteiger partial charge is 0.351 e. The third-order valence-corrected chi connectivity index (χ3v) is 6.39. The summed E-state index contributed by atoms with van der Waals surface area (Å²) < 4.78 is 22.9. The van der Waals surface area contributed by atoms with Gasteiger partial charge in [0.2, 0.25) is 11.8 Å². The fourth-order valence-electron chi connectivity index (χ4n) is 2.24. The highest BCUT2D eigenvalue weighted by atomic mass is 35.5. The molecule has 1 aromatic carbocycles. The van der Waals surface area contributed by atoms with Gasteiger partial charge in [0, 0.05) is 11.7 Å². The Morgan fingerprint density at radius 2 is 1.83 bits per heavy atom. The Morgan fingerprint density at radius 3 is 2.38 bits per heavy atom. The second kappa shape index (κ2) is 6.90. The van der Waals surface area contributed by atoms with Gasteiger partial charge in [0.25, 0.3) is 0 Å². The molecule has 1 aromatic rings. The maximum absolute atomic E-state index is 12.4. The molecule has 1 aliphatic rings. The first-order chi connectivity index (χ1) is 11.0. The molecule has 24 heavy (non-hydrogen) atoms. The zero-order valence-electron chi connectivity index (χ0n) is 13.2. The summed E-state index contributed by atoms with van der Waals surface area (Å²) in [7, 11) is -3.11. The van der Waals surface area contributed by atoms with Gasteiger partial charge in [-0.2, -0.15) is 0 Å². The van der Waals surface area contributed by atoms with Crippen LogP contribution in [0.3, 0.4) is 0 Å². The van der Waals surface area contributed by atoms with Gasteiger partial charge in [0.15, 0.2) is 9.84 Å². The minimum atomic E-state index is -3.11. The minimum absolute atomic E-state index is 0.0494. The first-order valence-electron chi connectivity index (χ1n) is 7.29. The molecule has 6 nitrogen and oxygen atoms in total. The zero-order chi connectivity index (χ0) is 18.1. The van der Waals surface area contributed by atoms with Crippen molar-refractivity contribution in [1.29, 1.82) is 0 Å². The van der Waals surface area contributed by atoms with Crippen LogP contribution in [0.25, 0.3) is 0 Å². The standard InChI is InChI=1S/C15H18Cl2N2O4S/c1-15(2,14(21)19-10-5-6-24(22,23)8-10)13(20)18-9-3-4-11(16)12(17)7-9/h3-4,7,10H,5-6,8H2,1-2H3,(H,18,20)(H,19,21). The number of nitrogens with one attached hydrogen (secondary N) is 2. The molecule has 1 heterocycles. The Labute approximate surface area is 150 Å². The molecular weight excluding hydrogens is 375 g/mol. The third-order valence-electron chi connectivity index (χ3n) is 3.88. The smallest absolute Gasteiger partial charge is 0.239 e. The molecule has 2 amide bonds. The van der Waals surface area contributed by atoms with E-state index in [0.29, 0.717) is 17.1 Å². The SMILES string of the molecule is CC(C)(C(=O)Nc1ccc(Cl)c(Cl)c1)C(=O)NC1CCS(=O)(=O)C1. The summed E-state index contributed by atoms with van der Waals surface area (Å²) in [4.78, 5) is 24.8. The van der Waals surface area contributed by atoms with Crippen LogP contribution >= 0.6 is 23.2 Å². The number of sulfone groups is 1. The number of carbonyl (C=O) groups is 2. The van der Waals surface area contributed by atoms with E-state index in [0.717, 1.165) is 0 Å². The number of amides is 2. The zero-order valence-corrected chi connectivity index (χ0v) is 15.6. The summed E-state index contributed by atoms with van der Waals surface area (Å²) in [5, 5.41) is 5.89. The van der Waals surface area contributed by atoms with Crippen LogP contribution in [0.2, 0.25) is 10.0 Å². The molecule has 0 radical (unpaired) electrons. The monoisotopic (exact) mass is 392 g/mol. The van der Waals surface area contributed by atoms with Gasteiger partial charge in [-0.05, 0) is 38.5 Å². The lowest BCUT2D eigenvalue weighted by atomic mass is 9.90. The summed E-state index contributed by atoms with van der Waals surface area (Å²) in [6, 6.07) is 4.14. The van der Waals surface area contributed by atoms with Crippen molar-refractivity contribution >= 4 is 50.5 Å². The summed E-state index contributed by atoms with van der Waals surface area (Å²) in [5.41, 5.74) is -0.961. The topological polar surface area (TPSA) is 92.3 Å². The predicted octanol–water partition coefficient (Wildman–Crippen LogP) is 2.26. The van der Waals surface area contributed by atoms with E-state index in [9.17, 15) is 18.0 Å². The highest BCUT2D eigenvalue weighted by molar-refractivity contribution is 7.91. The normalized spacial score (nSPS) is 19.8. The molecule has 2 N–H and O–H groups in total. The van der Waals surface area contributed by atoms with E-state index in [1.165, 1.54) is 26.0 Å². The van der Waals surface area contributed by atoms with Crippen LogP contribution in [0.5, 0.6) is 0 Å². The molecule has 0 spiro atoms.